The summed E-state index contributed by atoms with van der Waals surface area (Å²) in [7, 11) is 0. The second-order valence-corrected chi connectivity index (χ2v) is 5.71. The first-order valence-corrected chi connectivity index (χ1v) is 6.38. The molecular weight excluding hydrogens is 266 g/mol. The fraction of sp³-hybridized carbons (Fsp3) is 0.462. The zero-order chi connectivity index (χ0) is 11.8. The lowest BCUT2D eigenvalue weighted by atomic mass is 10.0. The molecule has 0 bridgehead atoms. The molecule has 86 valence electrons. The Hall–Kier alpha value is -0.830. The van der Waals surface area contributed by atoms with Crippen molar-refractivity contribution in [3.63, 3.8) is 0 Å². The van der Waals surface area contributed by atoms with Gasteiger partial charge in [-0.3, -0.25) is 4.79 Å². The minimum absolute atomic E-state index is 0.00757. The molecule has 1 heterocycles. The summed E-state index contributed by atoms with van der Waals surface area (Å²) in [6.07, 6.45) is 2.19. The van der Waals surface area contributed by atoms with Crippen LogP contribution in [0.25, 0.3) is 0 Å². The molecule has 1 amide bonds. The van der Waals surface area contributed by atoms with E-state index in [1.807, 2.05) is 29.2 Å². The van der Waals surface area contributed by atoms with Gasteiger partial charge in [-0.1, -0.05) is 12.1 Å². The van der Waals surface area contributed by atoms with Crippen molar-refractivity contribution in [1.29, 1.82) is 0 Å². The van der Waals surface area contributed by atoms with Crippen LogP contribution in [0.5, 0.6) is 0 Å². The Morgan fingerprint density at radius 3 is 2.62 bits per heavy atom. The van der Waals surface area contributed by atoms with Gasteiger partial charge in [-0.15, -0.1) is 0 Å². The van der Waals surface area contributed by atoms with Gasteiger partial charge in [0.05, 0.1) is 5.56 Å². The average Bonchev–Trinajstić information content (AvgIpc) is 2.58. The van der Waals surface area contributed by atoms with Crippen LogP contribution in [0.3, 0.4) is 0 Å². The van der Waals surface area contributed by atoms with E-state index in [9.17, 15) is 4.79 Å². The number of benzene rings is 1. The van der Waals surface area contributed by atoms with Crippen LogP contribution >= 0.6 is 15.9 Å². The Balaban J connectivity index is 2.30. The number of likely N-dealkylation sites (tertiary alicyclic amines) is 1. The molecule has 0 saturated carbocycles. The molecule has 0 radical (unpaired) electrons. The lowest BCUT2D eigenvalue weighted by Gasteiger charge is -2.31. The van der Waals surface area contributed by atoms with E-state index < -0.39 is 0 Å². The Morgan fingerprint density at radius 1 is 1.38 bits per heavy atom. The van der Waals surface area contributed by atoms with E-state index in [1.54, 1.807) is 0 Å². The van der Waals surface area contributed by atoms with Gasteiger partial charge in [0.1, 0.15) is 0 Å². The second-order valence-electron chi connectivity index (χ2n) is 4.85. The molecule has 3 heteroatoms. The monoisotopic (exact) mass is 281 g/mol. The highest BCUT2D eigenvalue weighted by molar-refractivity contribution is 9.10. The van der Waals surface area contributed by atoms with Crippen molar-refractivity contribution in [2.45, 2.75) is 32.2 Å². The molecule has 2 nitrogen and oxygen atoms in total. The fourth-order valence-electron chi connectivity index (χ4n) is 2.26. The van der Waals surface area contributed by atoms with E-state index in [0.29, 0.717) is 0 Å². The van der Waals surface area contributed by atoms with Gasteiger partial charge in [-0.25, -0.2) is 0 Å². The third kappa shape index (κ3) is 2.01. The van der Waals surface area contributed by atoms with E-state index in [4.69, 9.17) is 0 Å². The molecule has 0 N–H and O–H groups in total. The number of halogens is 1. The van der Waals surface area contributed by atoms with Crippen molar-refractivity contribution in [2.24, 2.45) is 0 Å². The topological polar surface area (TPSA) is 20.3 Å². The summed E-state index contributed by atoms with van der Waals surface area (Å²) in [6, 6.07) is 7.62. The van der Waals surface area contributed by atoms with Gasteiger partial charge in [-0.05, 0) is 54.8 Å². The van der Waals surface area contributed by atoms with Crippen LogP contribution in [0, 0.1) is 0 Å². The summed E-state index contributed by atoms with van der Waals surface area (Å²) in [5.41, 5.74) is 0.754. The molecule has 0 unspecified atom stereocenters. The molecule has 0 aromatic heterocycles. The molecule has 0 spiro atoms. The van der Waals surface area contributed by atoms with Crippen LogP contribution in [-0.4, -0.2) is 22.9 Å². The molecule has 0 aliphatic carbocycles. The molecule has 1 aliphatic rings. The van der Waals surface area contributed by atoms with Crippen LogP contribution in [0.4, 0.5) is 0 Å². The molecule has 1 saturated heterocycles. The van der Waals surface area contributed by atoms with Crippen molar-refractivity contribution >= 4 is 21.8 Å². The van der Waals surface area contributed by atoms with Crippen LogP contribution in [-0.2, 0) is 0 Å². The molecule has 1 aromatic rings. The molecule has 16 heavy (non-hydrogen) atoms. The Kier molecular flexibility index (Phi) is 3.06. The Morgan fingerprint density at radius 2 is 2.06 bits per heavy atom. The lowest BCUT2D eigenvalue weighted by molar-refractivity contribution is 0.0651. The average molecular weight is 282 g/mol. The smallest absolute Gasteiger partial charge is 0.255 e. The third-order valence-electron chi connectivity index (χ3n) is 3.25. The molecule has 1 fully saturated rings. The zero-order valence-corrected chi connectivity index (χ0v) is 11.3. The SMILES string of the molecule is CC1(C)CCCN1C(=O)c1ccccc1Br. The van der Waals surface area contributed by atoms with E-state index >= 15 is 0 Å². The Bertz CT molecular complexity index is 414. The highest BCUT2D eigenvalue weighted by Crippen LogP contribution is 2.31. The van der Waals surface area contributed by atoms with Gasteiger partial charge in [0, 0.05) is 16.6 Å². The molecule has 1 aromatic carbocycles. The second kappa shape index (κ2) is 4.21. The van der Waals surface area contributed by atoms with Crippen molar-refractivity contribution in [3.8, 4) is 0 Å². The normalized spacial score (nSPS) is 18.8. The van der Waals surface area contributed by atoms with Crippen molar-refractivity contribution in [2.75, 3.05) is 6.54 Å². The minimum atomic E-state index is -0.00757. The lowest BCUT2D eigenvalue weighted by Crippen LogP contribution is -2.42. The van der Waals surface area contributed by atoms with Gasteiger partial charge in [-0.2, -0.15) is 0 Å². The largest absolute Gasteiger partial charge is 0.333 e. The van der Waals surface area contributed by atoms with Gasteiger partial charge < -0.3 is 4.90 Å². The van der Waals surface area contributed by atoms with Crippen LogP contribution in [0.2, 0.25) is 0 Å². The number of carbonyl (C=O) groups is 1. The maximum Gasteiger partial charge on any atom is 0.255 e. The number of nitrogens with zero attached hydrogens (tertiary/aromatic N) is 1. The number of hydrogen-bond donors (Lipinski definition) is 0. The molecule has 0 atom stereocenters. The number of hydrogen-bond acceptors (Lipinski definition) is 1. The molecule has 1 aliphatic heterocycles. The van der Waals surface area contributed by atoms with Crippen LogP contribution in [0.1, 0.15) is 37.0 Å². The first-order valence-electron chi connectivity index (χ1n) is 5.59. The summed E-state index contributed by atoms with van der Waals surface area (Å²) in [5, 5.41) is 0. The maximum absolute atomic E-state index is 12.4. The van der Waals surface area contributed by atoms with Crippen LogP contribution < -0.4 is 0 Å². The minimum Gasteiger partial charge on any atom is -0.333 e. The Labute approximate surface area is 105 Å². The highest BCUT2D eigenvalue weighted by Gasteiger charge is 2.36. The predicted molar refractivity (Wildman–Crippen MR) is 68.5 cm³/mol. The maximum atomic E-state index is 12.4. The van der Waals surface area contributed by atoms with E-state index in [1.165, 1.54) is 0 Å². The number of amides is 1. The van der Waals surface area contributed by atoms with E-state index in [0.717, 1.165) is 29.4 Å². The number of carbonyl (C=O) groups excluding carboxylic acids is 1. The van der Waals surface area contributed by atoms with Crippen LogP contribution in [0.15, 0.2) is 28.7 Å². The summed E-state index contributed by atoms with van der Waals surface area (Å²) in [6.45, 7) is 5.14. The van der Waals surface area contributed by atoms with Gasteiger partial charge in [0.2, 0.25) is 0 Å². The fourth-order valence-corrected chi connectivity index (χ4v) is 2.72. The summed E-state index contributed by atoms with van der Waals surface area (Å²) in [4.78, 5) is 14.4. The van der Waals surface area contributed by atoms with E-state index in [2.05, 4.69) is 29.8 Å². The predicted octanol–water partition coefficient (Wildman–Crippen LogP) is 3.46. The van der Waals surface area contributed by atoms with Gasteiger partial charge >= 0.3 is 0 Å². The van der Waals surface area contributed by atoms with Crippen molar-refractivity contribution < 1.29 is 4.79 Å². The zero-order valence-electron chi connectivity index (χ0n) is 9.66. The summed E-state index contributed by atoms with van der Waals surface area (Å²) >= 11 is 3.43. The third-order valence-corrected chi connectivity index (χ3v) is 3.94. The first-order chi connectivity index (χ1) is 7.52. The van der Waals surface area contributed by atoms with Crippen molar-refractivity contribution in [3.05, 3.63) is 34.3 Å². The van der Waals surface area contributed by atoms with Crippen molar-refractivity contribution in [1.82, 2.24) is 4.90 Å². The first kappa shape index (κ1) is 11.6. The quantitative estimate of drug-likeness (QED) is 0.772. The van der Waals surface area contributed by atoms with Gasteiger partial charge in [0.15, 0.2) is 0 Å². The molecule has 2 rings (SSSR count). The van der Waals surface area contributed by atoms with Gasteiger partial charge in [0.25, 0.3) is 5.91 Å². The summed E-state index contributed by atoms with van der Waals surface area (Å²) < 4.78 is 0.878. The number of rotatable bonds is 1. The van der Waals surface area contributed by atoms with E-state index in [-0.39, 0.29) is 11.4 Å². The highest BCUT2D eigenvalue weighted by atomic mass is 79.9. The standard InChI is InChI=1S/C13H16BrNO/c1-13(2)8-5-9-15(13)12(16)10-6-3-4-7-11(10)14/h3-4,6-7H,5,8-9H2,1-2H3. The summed E-state index contributed by atoms with van der Waals surface area (Å²) in [5.74, 6) is 0.134. The molecular formula is C13H16BrNO.